The van der Waals surface area contributed by atoms with Gasteiger partial charge in [0, 0.05) is 18.9 Å². The molecular weight excluding hydrogens is 395 g/mol. The van der Waals surface area contributed by atoms with Gasteiger partial charge in [0.15, 0.2) is 0 Å². The van der Waals surface area contributed by atoms with Gasteiger partial charge in [-0.25, -0.2) is 9.59 Å². The number of nitrogens with zero attached hydrogens (tertiary/aromatic N) is 1. The number of carboxylic acids is 1. The Hall–Kier alpha value is -2.84. The lowest BCUT2D eigenvalue weighted by Gasteiger charge is -2.16. The third-order valence-electron chi connectivity index (χ3n) is 3.44. The second-order valence-corrected chi connectivity index (χ2v) is 6.20. The van der Waals surface area contributed by atoms with Gasteiger partial charge in [-0.05, 0) is 23.8 Å². The maximum atomic E-state index is 12.3. The highest BCUT2D eigenvalue weighted by molar-refractivity contribution is 6.39. The largest absolute Gasteiger partial charge is 0.480 e. The Morgan fingerprint density at radius 3 is 2.37 bits per heavy atom. The van der Waals surface area contributed by atoms with Gasteiger partial charge in [0.1, 0.15) is 6.04 Å². The normalized spacial score (nSPS) is 11.3. The number of halogens is 2. The van der Waals surface area contributed by atoms with Crippen LogP contribution in [0, 0.1) is 0 Å². The van der Waals surface area contributed by atoms with E-state index in [1.54, 1.807) is 30.6 Å². The average molecular weight is 411 g/mol. The van der Waals surface area contributed by atoms with Gasteiger partial charge in [0.2, 0.25) is 0 Å². The second-order valence-electron chi connectivity index (χ2n) is 5.39. The molecule has 0 bridgehead atoms. The summed E-state index contributed by atoms with van der Waals surface area (Å²) in [7, 11) is 0. The van der Waals surface area contributed by atoms with Crippen LogP contribution in [0.3, 0.4) is 0 Å². The number of amides is 3. The summed E-state index contributed by atoms with van der Waals surface area (Å²) in [6.07, 6.45) is 3.20. The van der Waals surface area contributed by atoms with E-state index in [9.17, 15) is 19.5 Å². The van der Waals surface area contributed by atoms with Crippen LogP contribution < -0.4 is 16.0 Å². The molecule has 1 aromatic heterocycles. The zero-order valence-electron chi connectivity index (χ0n) is 13.9. The van der Waals surface area contributed by atoms with E-state index < -0.39 is 23.9 Å². The second kappa shape index (κ2) is 9.75. The molecule has 0 saturated carbocycles. The number of carbonyl (C=O) groups excluding carboxylic acids is 2. The summed E-state index contributed by atoms with van der Waals surface area (Å²) in [6, 6.07) is 6.03. The number of hydrogen-bond donors (Lipinski definition) is 4. The molecular formula is C17H16Cl2N4O4. The predicted octanol–water partition coefficient (Wildman–Crippen LogP) is 2.07. The van der Waals surface area contributed by atoms with Gasteiger partial charge < -0.3 is 21.1 Å². The molecule has 0 saturated heterocycles. The minimum atomic E-state index is -1.37. The fraction of sp³-hybridized carbons (Fsp3) is 0.176. The first-order chi connectivity index (χ1) is 12.9. The van der Waals surface area contributed by atoms with E-state index in [4.69, 9.17) is 23.2 Å². The summed E-state index contributed by atoms with van der Waals surface area (Å²) in [5.74, 6) is -2.07. The van der Waals surface area contributed by atoms with Crippen molar-refractivity contribution >= 4 is 41.1 Å². The summed E-state index contributed by atoms with van der Waals surface area (Å²) in [5, 5.41) is 16.7. The average Bonchev–Trinajstić information content (AvgIpc) is 2.63. The van der Waals surface area contributed by atoms with Gasteiger partial charge in [0.05, 0.1) is 22.2 Å². The first-order valence-electron chi connectivity index (χ1n) is 7.76. The van der Waals surface area contributed by atoms with Crippen LogP contribution in [0.1, 0.15) is 15.9 Å². The Morgan fingerprint density at radius 2 is 1.78 bits per heavy atom. The minimum Gasteiger partial charge on any atom is -0.480 e. The van der Waals surface area contributed by atoms with E-state index in [0.29, 0.717) is 0 Å². The van der Waals surface area contributed by atoms with Crippen molar-refractivity contribution in [1.29, 1.82) is 0 Å². The maximum absolute atomic E-state index is 12.3. The number of carboxylic acid groups (broad SMARTS) is 1. The highest BCUT2D eigenvalue weighted by Crippen LogP contribution is 2.24. The van der Waals surface area contributed by atoms with Crippen molar-refractivity contribution in [2.45, 2.75) is 12.6 Å². The lowest BCUT2D eigenvalue weighted by Crippen LogP contribution is -2.50. The SMILES string of the molecule is O=C(NCc1cccnc1)NC[C@H](NC(=O)c1c(Cl)cccc1Cl)C(=O)O. The Morgan fingerprint density at radius 1 is 1.07 bits per heavy atom. The van der Waals surface area contributed by atoms with Crippen LogP contribution >= 0.6 is 23.2 Å². The third-order valence-corrected chi connectivity index (χ3v) is 4.07. The fourth-order valence-electron chi connectivity index (χ4n) is 2.09. The van der Waals surface area contributed by atoms with Gasteiger partial charge in [0.25, 0.3) is 5.91 Å². The number of benzene rings is 1. The minimum absolute atomic E-state index is 0.0342. The quantitative estimate of drug-likeness (QED) is 0.556. The lowest BCUT2D eigenvalue weighted by molar-refractivity contribution is -0.139. The van der Waals surface area contributed by atoms with E-state index >= 15 is 0 Å². The maximum Gasteiger partial charge on any atom is 0.328 e. The highest BCUT2D eigenvalue weighted by atomic mass is 35.5. The number of pyridine rings is 1. The van der Waals surface area contributed by atoms with Crippen molar-refractivity contribution in [1.82, 2.24) is 20.9 Å². The predicted molar refractivity (Wildman–Crippen MR) is 99.8 cm³/mol. The number of urea groups is 1. The summed E-state index contributed by atoms with van der Waals surface area (Å²) in [6.45, 7) is -0.110. The standard InChI is InChI=1S/C17H16Cl2N4O4/c18-11-4-1-5-12(19)14(11)15(24)23-13(16(25)26)9-22-17(27)21-8-10-3-2-6-20-7-10/h1-7,13H,8-9H2,(H,23,24)(H,25,26)(H2,21,22,27)/t13-/m0/s1. The summed E-state index contributed by atoms with van der Waals surface area (Å²) in [4.78, 5) is 39.4. The van der Waals surface area contributed by atoms with Crippen LogP contribution in [0.5, 0.6) is 0 Å². The van der Waals surface area contributed by atoms with Crippen LogP contribution in [0.25, 0.3) is 0 Å². The molecule has 0 spiro atoms. The number of hydrogen-bond acceptors (Lipinski definition) is 4. The number of nitrogens with one attached hydrogen (secondary N) is 3. The van der Waals surface area contributed by atoms with Gasteiger partial charge in [-0.2, -0.15) is 0 Å². The number of carbonyl (C=O) groups is 3. The topological polar surface area (TPSA) is 120 Å². The smallest absolute Gasteiger partial charge is 0.328 e. The molecule has 0 aliphatic heterocycles. The van der Waals surface area contributed by atoms with Gasteiger partial charge in [-0.3, -0.25) is 9.78 Å². The molecule has 27 heavy (non-hydrogen) atoms. The van der Waals surface area contributed by atoms with Crippen molar-refractivity contribution in [3.63, 3.8) is 0 Å². The zero-order chi connectivity index (χ0) is 19.8. The van der Waals surface area contributed by atoms with Crippen molar-refractivity contribution < 1.29 is 19.5 Å². The molecule has 1 atom stereocenters. The summed E-state index contributed by atoms with van der Waals surface area (Å²) < 4.78 is 0. The van der Waals surface area contributed by atoms with E-state index in [-0.39, 0.29) is 28.7 Å². The van der Waals surface area contributed by atoms with Crippen LogP contribution in [-0.4, -0.2) is 40.6 Å². The molecule has 1 aromatic carbocycles. The Labute approximate surface area is 164 Å². The third kappa shape index (κ3) is 6.12. The Bertz CT molecular complexity index is 813. The molecule has 1 heterocycles. The molecule has 0 unspecified atom stereocenters. The van der Waals surface area contributed by atoms with Gasteiger partial charge in [-0.15, -0.1) is 0 Å². The van der Waals surface area contributed by atoms with E-state index in [1.807, 2.05) is 0 Å². The van der Waals surface area contributed by atoms with Crippen LogP contribution in [0.2, 0.25) is 10.0 Å². The molecule has 4 N–H and O–H groups in total. The lowest BCUT2D eigenvalue weighted by atomic mass is 10.2. The fourth-order valence-corrected chi connectivity index (χ4v) is 2.66. The number of aromatic nitrogens is 1. The number of rotatable bonds is 7. The van der Waals surface area contributed by atoms with Crippen LogP contribution in [0.15, 0.2) is 42.7 Å². The van der Waals surface area contributed by atoms with E-state index in [0.717, 1.165) is 5.56 Å². The van der Waals surface area contributed by atoms with Crippen LogP contribution in [0.4, 0.5) is 4.79 Å². The zero-order valence-corrected chi connectivity index (χ0v) is 15.4. The van der Waals surface area contributed by atoms with Crippen LogP contribution in [-0.2, 0) is 11.3 Å². The molecule has 10 heteroatoms. The molecule has 2 rings (SSSR count). The molecule has 0 radical (unpaired) electrons. The molecule has 2 aromatic rings. The van der Waals surface area contributed by atoms with E-state index in [1.165, 1.54) is 12.1 Å². The highest BCUT2D eigenvalue weighted by Gasteiger charge is 2.23. The van der Waals surface area contributed by atoms with Crippen molar-refractivity contribution in [3.05, 3.63) is 63.9 Å². The van der Waals surface area contributed by atoms with Gasteiger partial charge in [-0.1, -0.05) is 35.3 Å². The van der Waals surface area contributed by atoms with Crippen molar-refractivity contribution in [2.75, 3.05) is 6.54 Å². The molecule has 0 aliphatic carbocycles. The number of aliphatic carboxylic acids is 1. The monoisotopic (exact) mass is 410 g/mol. The molecule has 3 amide bonds. The van der Waals surface area contributed by atoms with Gasteiger partial charge >= 0.3 is 12.0 Å². The van der Waals surface area contributed by atoms with Crippen molar-refractivity contribution in [3.8, 4) is 0 Å². The Balaban J connectivity index is 1.90. The summed E-state index contributed by atoms with van der Waals surface area (Å²) >= 11 is 11.9. The molecule has 142 valence electrons. The van der Waals surface area contributed by atoms with Crippen molar-refractivity contribution in [2.24, 2.45) is 0 Å². The molecule has 0 aliphatic rings. The Kier molecular flexibility index (Phi) is 7.39. The first-order valence-corrected chi connectivity index (χ1v) is 8.52. The first kappa shape index (κ1) is 20.5. The van der Waals surface area contributed by atoms with E-state index in [2.05, 4.69) is 20.9 Å². The summed E-state index contributed by atoms with van der Waals surface area (Å²) in [5.41, 5.74) is 0.747. The molecule has 8 nitrogen and oxygen atoms in total. The molecule has 0 fully saturated rings.